The fourth-order valence-corrected chi connectivity index (χ4v) is 5.33. The minimum Gasteiger partial charge on any atom is -0.341 e. The average Bonchev–Trinajstić information content (AvgIpc) is 2.91. The molecule has 1 amide bonds. The summed E-state index contributed by atoms with van der Waals surface area (Å²) in [5.41, 5.74) is 5.07. The molecule has 1 aliphatic heterocycles. The lowest BCUT2D eigenvalue weighted by Crippen LogP contribution is -2.44. The van der Waals surface area contributed by atoms with E-state index in [1.807, 2.05) is 35.2 Å². The highest BCUT2D eigenvalue weighted by Crippen LogP contribution is 2.29. The first kappa shape index (κ1) is 24.0. The van der Waals surface area contributed by atoms with Crippen LogP contribution in [0.2, 0.25) is 0 Å². The Kier molecular flexibility index (Phi) is 6.73. The highest BCUT2D eigenvalue weighted by Gasteiger charge is 2.29. The third-order valence-electron chi connectivity index (χ3n) is 7.49. The van der Waals surface area contributed by atoms with Crippen LogP contribution in [0.4, 0.5) is 0 Å². The van der Waals surface area contributed by atoms with Crippen molar-refractivity contribution in [3.63, 3.8) is 0 Å². The first-order chi connectivity index (χ1) is 17.4. The molecular formula is C31H33N3O2. The van der Waals surface area contributed by atoms with Gasteiger partial charge in [-0.25, -0.2) is 4.68 Å². The van der Waals surface area contributed by atoms with Crippen molar-refractivity contribution in [2.24, 2.45) is 5.92 Å². The van der Waals surface area contributed by atoms with Crippen LogP contribution in [-0.4, -0.2) is 33.7 Å². The molecule has 0 radical (unpaired) electrons. The Morgan fingerprint density at radius 3 is 2.33 bits per heavy atom. The van der Waals surface area contributed by atoms with Crippen LogP contribution in [-0.2, 0) is 11.2 Å². The lowest BCUT2D eigenvalue weighted by atomic mass is 9.90. The van der Waals surface area contributed by atoms with E-state index in [9.17, 15) is 9.59 Å². The van der Waals surface area contributed by atoms with E-state index in [-0.39, 0.29) is 11.5 Å². The third kappa shape index (κ3) is 4.70. The number of amides is 1. The summed E-state index contributed by atoms with van der Waals surface area (Å²) in [5, 5.41) is 6.22. The molecule has 184 valence electrons. The molecule has 36 heavy (non-hydrogen) atoms. The molecule has 1 aromatic heterocycles. The van der Waals surface area contributed by atoms with Crippen molar-refractivity contribution in [1.82, 2.24) is 14.7 Å². The summed E-state index contributed by atoms with van der Waals surface area (Å²) in [6.45, 7) is 7.33. The van der Waals surface area contributed by atoms with Crippen LogP contribution in [0, 0.1) is 19.8 Å². The van der Waals surface area contributed by atoms with Crippen molar-refractivity contribution in [2.45, 2.75) is 46.1 Å². The van der Waals surface area contributed by atoms with Crippen LogP contribution in [0.3, 0.4) is 0 Å². The van der Waals surface area contributed by atoms with Crippen LogP contribution in [0.1, 0.15) is 42.5 Å². The number of hydrogen-bond donors (Lipinski definition) is 0. The van der Waals surface area contributed by atoms with Gasteiger partial charge < -0.3 is 4.90 Å². The maximum absolute atomic E-state index is 13.5. The number of hydrogen-bond acceptors (Lipinski definition) is 3. The van der Waals surface area contributed by atoms with Crippen LogP contribution in [0.5, 0.6) is 0 Å². The monoisotopic (exact) mass is 479 g/mol. The van der Waals surface area contributed by atoms with Gasteiger partial charge in [0.2, 0.25) is 5.91 Å². The first-order valence-corrected chi connectivity index (χ1v) is 12.8. The predicted molar refractivity (Wildman–Crippen MR) is 145 cm³/mol. The zero-order valence-electron chi connectivity index (χ0n) is 21.3. The number of likely N-dealkylation sites (tertiary alicyclic amines) is 1. The maximum Gasteiger partial charge on any atom is 0.275 e. The molecular weight excluding hydrogens is 446 g/mol. The lowest BCUT2D eigenvalue weighted by Gasteiger charge is -2.34. The fourth-order valence-electron chi connectivity index (χ4n) is 5.33. The zero-order chi connectivity index (χ0) is 25.2. The van der Waals surface area contributed by atoms with E-state index in [1.54, 1.807) is 6.92 Å². The van der Waals surface area contributed by atoms with Gasteiger partial charge in [-0.15, -0.1) is 0 Å². The van der Waals surface area contributed by atoms with Gasteiger partial charge in [-0.3, -0.25) is 9.59 Å². The van der Waals surface area contributed by atoms with Gasteiger partial charge in [0, 0.05) is 24.0 Å². The third-order valence-corrected chi connectivity index (χ3v) is 7.49. The van der Waals surface area contributed by atoms with Crippen molar-refractivity contribution in [2.75, 3.05) is 13.1 Å². The second-order valence-corrected chi connectivity index (χ2v) is 10.1. The van der Waals surface area contributed by atoms with Crippen molar-refractivity contribution >= 4 is 16.7 Å². The Labute approximate surface area is 212 Å². The summed E-state index contributed by atoms with van der Waals surface area (Å²) in [5.74, 6) is 0.536. The van der Waals surface area contributed by atoms with Crippen LogP contribution >= 0.6 is 0 Å². The molecule has 2 heterocycles. The SMILES string of the molecule is Cc1ccc(C)c(-c2nn([C@@H](C)C(=O)N3CCC(Cc4ccccc4)CC3)c(=O)c3ccccc23)c1. The molecule has 1 atom stereocenters. The van der Waals surface area contributed by atoms with Crippen LogP contribution in [0.15, 0.2) is 77.6 Å². The van der Waals surface area contributed by atoms with E-state index in [1.165, 1.54) is 10.2 Å². The number of benzene rings is 3. The molecule has 1 aliphatic rings. The average molecular weight is 480 g/mol. The number of carbonyl (C=O) groups is 1. The number of aryl methyl sites for hydroxylation is 2. The van der Waals surface area contributed by atoms with Crippen LogP contribution < -0.4 is 5.56 Å². The van der Waals surface area contributed by atoms with E-state index >= 15 is 0 Å². The van der Waals surface area contributed by atoms with E-state index in [4.69, 9.17) is 5.10 Å². The van der Waals surface area contributed by atoms with Gasteiger partial charge in [-0.2, -0.15) is 5.10 Å². The Balaban J connectivity index is 1.42. The molecule has 4 aromatic rings. The molecule has 0 bridgehead atoms. The summed E-state index contributed by atoms with van der Waals surface area (Å²) >= 11 is 0. The summed E-state index contributed by atoms with van der Waals surface area (Å²) in [6, 6.07) is 23.7. The van der Waals surface area contributed by atoms with E-state index in [0.717, 1.165) is 47.0 Å². The lowest BCUT2D eigenvalue weighted by molar-refractivity contribution is -0.136. The van der Waals surface area contributed by atoms with Gasteiger partial charge in [0.25, 0.3) is 5.56 Å². The molecule has 5 rings (SSSR count). The molecule has 1 fully saturated rings. The number of fused-ring (bicyclic) bond motifs is 1. The Morgan fingerprint density at radius 1 is 0.944 bits per heavy atom. The molecule has 0 spiro atoms. The van der Waals surface area contributed by atoms with Gasteiger partial charge >= 0.3 is 0 Å². The number of aromatic nitrogens is 2. The van der Waals surface area contributed by atoms with Gasteiger partial charge in [-0.1, -0.05) is 66.2 Å². The summed E-state index contributed by atoms with van der Waals surface area (Å²) in [7, 11) is 0. The first-order valence-electron chi connectivity index (χ1n) is 12.8. The van der Waals surface area contributed by atoms with Crippen LogP contribution in [0.25, 0.3) is 22.0 Å². The highest BCUT2D eigenvalue weighted by molar-refractivity contribution is 5.94. The van der Waals surface area contributed by atoms with E-state index in [0.29, 0.717) is 24.4 Å². The quantitative estimate of drug-likeness (QED) is 0.368. The van der Waals surface area contributed by atoms with Gasteiger partial charge in [0.1, 0.15) is 6.04 Å². The van der Waals surface area contributed by atoms with Crippen molar-refractivity contribution in [1.29, 1.82) is 0 Å². The maximum atomic E-state index is 13.5. The summed E-state index contributed by atoms with van der Waals surface area (Å²) < 4.78 is 1.40. The smallest absolute Gasteiger partial charge is 0.275 e. The molecule has 5 nitrogen and oxygen atoms in total. The van der Waals surface area contributed by atoms with E-state index in [2.05, 4.69) is 56.3 Å². The molecule has 0 saturated carbocycles. The Hall–Kier alpha value is -3.73. The number of carbonyl (C=O) groups excluding carboxylic acids is 1. The van der Waals surface area contributed by atoms with Crippen molar-refractivity contribution in [3.05, 3.63) is 99.8 Å². The molecule has 5 heteroatoms. The number of rotatable bonds is 5. The number of nitrogens with zero attached hydrogens (tertiary/aromatic N) is 3. The number of piperidine rings is 1. The fraction of sp³-hybridized carbons (Fsp3) is 0.323. The molecule has 0 unspecified atom stereocenters. The predicted octanol–water partition coefficient (Wildman–Crippen LogP) is 5.72. The summed E-state index contributed by atoms with van der Waals surface area (Å²) in [4.78, 5) is 28.9. The minimum absolute atomic E-state index is 0.0371. The van der Waals surface area contributed by atoms with E-state index < -0.39 is 6.04 Å². The van der Waals surface area contributed by atoms with Gasteiger partial charge in [0.05, 0.1) is 11.1 Å². The normalized spacial score (nSPS) is 15.2. The molecule has 1 saturated heterocycles. The molecule has 0 N–H and O–H groups in total. The van der Waals surface area contributed by atoms with Crippen molar-refractivity contribution in [3.8, 4) is 11.3 Å². The zero-order valence-corrected chi connectivity index (χ0v) is 21.3. The standard InChI is InChI=1S/C31H33N3O2/c1-21-13-14-22(2)28(19-21)29-26-11-7-8-12-27(26)31(36)34(32-29)23(3)30(35)33-17-15-25(16-18-33)20-24-9-5-4-6-10-24/h4-14,19,23,25H,15-18,20H2,1-3H3/t23-/m0/s1. The molecule has 3 aromatic carbocycles. The van der Waals surface area contributed by atoms with Crippen molar-refractivity contribution < 1.29 is 4.79 Å². The van der Waals surface area contributed by atoms with Gasteiger partial charge in [0.15, 0.2) is 0 Å². The highest BCUT2D eigenvalue weighted by atomic mass is 16.2. The Bertz CT molecular complexity index is 1450. The minimum atomic E-state index is -0.670. The molecule has 0 aliphatic carbocycles. The second-order valence-electron chi connectivity index (χ2n) is 10.1. The largest absolute Gasteiger partial charge is 0.341 e. The van der Waals surface area contributed by atoms with Gasteiger partial charge in [-0.05, 0) is 69.2 Å². The topological polar surface area (TPSA) is 55.2 Å². The summed E-state index contributed by atoms with van der Waals surface area (Å²) in [6.07, 6.45) is 2.99. The second kappa shape index (κ2) is 10.1. The Morgan fingerprint density at radius 2 is 1.61 bits per heavy atom.